The molecular weight excluding hydrogens is 182 g/mol. The predicted molar refractivity (Wildman–Crippen MR) is 66.0 cm³/mol. The smallest absolute Gasteiger partial charge is 0.00984 e. The van der Waals surface area contributed by atoms with E-state index in [9.17, 15) is 0 Å². The highest BCUT2D eigenvalue weighted by atomic mass is 15.0. The Morgan fingerprint density at radius 1 is 1.07 bits per heavy atom. The van der Waals surface area contributed by atoms with E-state index in [4.69, 9.17) is 0 Å². The summed E-state index contributed by atoms with van der Waals surface area (Å²) >= 11 is 0. The van der Waals surface area contributed by atoms with E-state index in [2.05, 4.69) is 19.2 Å². The topological polar surface area (TPSA) is 12.0 Å². The van der Waals surface area contributed by atoms with E-state index in [-0.39, 0.29) is 0 Å². The first-order valence-electron chi connectivity index (χ1n) is 7.07. The van der Waals surface area contributed by atoms with Crippen molar-refractivity contribution in [2.45, 2.75) is 77.3 Å². The van der Waals surface area contributed by atoms with Gasteiger partial charge < -0.3 is 5.32 Å². The first-order chi connectivity index (χ1) is 7.31. The molecule has 2 aliphatic rings. The van der Waals surface area contributed by atoms with Gasteiger partial charge in [-0.05, 0) is 31.6 Å². The maximum absolute atomic E-state index is 3.77. The highest BCUT2D eigenvalue weighted by Crippen LogP contribution is 2.37. The molecule has 0 bridgehead atoms. The van der Waals surface area contributed by atoms with Crippen LogP contribution in [0, 0.1) is 11.8 Å². The van der Waals surface area contributed by atoms with Gasteiger partial charge in [-0.3, -0.25) is 0 Å². The molecule has 1 saturated heterocycles. The number of nitrogens with one attached hydrogen (secondary N) is 1. The van der Waals surface area contributed by atoms with Crippen LogP contribution in [0.2, 0.25) is 0 Å². The molecule has 0 aromatic carbocycles. The molecule has 2 fully saturated rings. The van der Waals surface area contributed by atoms with Crippen LogP contribution in [0.3, 0.4) is 0 Å². The Morgan fingerprint density at radius 3 is 2.33 bits per heavy atom. The fraction of sp³-hybridized carbons (Fsp3) is 1.00. The van der Waals surface area contributed by atoms with Gasteiger partial charge in [0.2, 0.25) is 0 Å². The van der Waals surface area contributed by atoms with Crippen LogP contribution >= 0.6 is 0 Å². The van der Waals surface area contributed by atoms with Crippen LogP contribution in [0.25, 0.3) is 0 Å². The number of hydrogen-bond donors (Lipinski definition) is 1. The molecule has 1 heteroatoms. The summed E-state index contributed by atoms with van der Waals surface area (Å²) in [6.07, 6.45) is 11.7. The Bertz CT molecular complexity index is 182. The minimum absolute atomic E-state index is 0.767. The maximum atomic E-state index is 3.77. The summed E-state index contributed by atoms with van der Waals surface area (Å²) in [6, 6.07) is 1.59. The molecule has 0 aromatic heterocycles. The van der Waals surface area contributed by atoms with Gasteiger partial charge in [0.15, 0.2) is 0 Å². The third-order valence-corrected chi connectivity index (χ3v) is 4.59. The van der Waals surface area contributed by atoms with Crippen molar-refractivity contribution in [3.63, 3.8) is 0 Å². The summed E-state index contributed by atoms with van der Waals surface area (Å²) < 4.78 is 0. The molecular formula is C14H27N. The fourth-order valence-corrected chi connectivity index (χ4v) is 3.81. The van der Waals surface area contributed by atoms with E-state index in [0.717, 1.165) is 23.9 Å². The van der Waals surface area contributed by atoms with Crippen LogP contribution in [0.15, 0.2) is 0 Å². The molecule has 0 spiro atoms. The zero-order valence-electron chi connectivity index (χ0n) is 10.5. The molecule has 0 radical (unpaired) electrons. The van der Waals surface area contributed by atoms with Crippen molar-refractivity contribution < 1.29 is 0 Å². The molecule has 88 valence electrons. The number of rotatable bonds is 2. The van der Waals surface area contributed by atoms with Gasteiger partial charge in [0, 0.05) is 12.1 Å². The zero-order valence-corrected chi connectivity index (χ0v) is 10.5. The van der Waals surface area contributed by atoms with E-state index < -0.39 is 0 Å². The Balaban J connectivity index is 1.94. The van der Waals surface area contributed by atoms with Crippen LogP contribution in [0.1, 0.15) is 65.2 Å². The molecule has 1 N–H and O–H groups in total. The fourth-order valence-electron chi connectivity index (χ4n) is 3.81. The van der Waals surface area contributed by atoms with Gasteiger partial charge >= 0.3 is 0 Å². The summed E-state index contributed by atoms with van der Waals surface area (Å²) in [5, 5.41) is 3.77. The van der Waals surface area contributed by atoms with Crippen LogP contribution in [-0.4, -0.2) is 12.1 Å². The second-order valence-electron chi connectivity index (χ2n) is 5.73. The second kappa shape index (κ2) is 5.34. The van der Waals surface area contributed by atoms with Gasteiger partial charge in [0.05, 0.1) is 0 Å². The highest BCUT2D eigenvalue weighted by Gasteiger charge is 2.35. The van der Waals surface area contributed by atoms with Crippen molar-refractivity contribution in [2.75, 3.05) is 0 Å². The standard InChI is InChI=1S/C14H27N/c1-3-14-13(10-11(2)15-14)12-8-6-4-5-7-9-12/h11-15H,3-10H2,1-2H3. The van der Waals surface area contributed by atoms with Crippen molar-refractivity contribution in [2.24, 2.45) is 11.8 Å². The molecule has 0 amide bonds. The lowest BCUT2D eigenvalue weighted by Gasteiger charge is -2.26. The van der Waals surface area contributed by atoms with E-state index in [0.29, 0.717) is 0 Å². The zero-order chi connectivity index (χ0) is 10.7. The average Bonchev–Trinajstić information content (AvgIpc) is 2.47. The Labute approximate surface area is 95.0 Å². The minimum atomic E-state index is 0.767. The third-order valence-electron chi connectivity index (χ3n) is 4.59. The van der Waals surface area contributed by atoms with Crippen LogP contribution in [0.4, 0.5) is 0 Å². The van der Waals surface area contributed by atoms with Crippen molar-refractivity contribution in [3.05, 3.63) is 0 Å². The molecule has 1 aliphatic heterocycles. The molecule has 3 unspecified atom stereocenters. The lowest BCUT2D eigenvalue weighted by molar-refractivity contribution is 0.266. The molecule has 1 nitrogen and oxygen atoms in total. The lowest BCUT2D eigenvalue weighted by Crippen LogP contribution is -2.32. The van der Waals surface area contributed by atoms with Gasteiger partial charge in [0.25, 0.3) is 0 Å². The van der Waals surface area contributed by atoms with Crippen LogP contribution < -0.4 is 5.32 Å². The van der Waals surface area contributed by atoms with E-state index >= 15 is 0 Å². The monoisotopic (exact) mass is 209 g/mol. The van der Waals surface area contributed by atoms with Gasteiger partial charge in [-0.2, -0.15) is 0 Å². The Hall–Kier alpha value is -0.0400. The van der Waals surface area contributed by atoms with Crippen molar-refractivity contribution in [1.29, 1.82) is 0 Å². The molecule has 1 heterocycles. The average molecular weight is 209 g/mol. The first kappa shape index (κ1) is 11.4. The number of hydrogen-bond acceptors (Lipinski definition) is 1. The van der Waals surface area contributed by atoms with Gasteiger partial charge in [-0.25, -0.2) is 0 Å². The Kier molecular flexibility index (Phi) is 4.07. The molecule has 3 atom stereocenters. The SMILES string of the molecule is CCC1NC(C)CC1C1CCCCCC1. The van der Waals surface area contributed by atoms with Gasteiger partial charge in [-0.15, -0.1) is 0 Å². The molecule has 1 aliphatic carbocycles. The van der Waals surface area contributed by atoms with E-state index in [1.54, 1.807) is 0 Å². The molecule has 1 saturated carbocycles. The minimum Gasteiger partial charge on any atom is -0.311 e. The van der Waals surface area contributed by atoms with Gasteiger partial charge in [-0.1, -0.05) is 45.4 Å². The lowest BCUT2D eigenvalue weighted by atomic mass is 9.80. The molecule has 2 rings (SSSR count). The third kappa shape index (κ3) is 2.75. The quantitative estimate of drug-likeness (QED) is 0.683. The normalized spacial score (nSPS) is 39.2. The predicted octanol–water partition coefficient (Wildman–Crippen LogP) is 3.73. The van der Waals surface area contributed by atoms with Gasteiger partial charge in [0.1, 0.15) is 0 Å². The largest absolute Gasteiger partial charge is 0.311 e. The molecule has 15 heavy (non-hydrogen) atoms. The van der Waals surface area contributed by atoms with Crippen LogP contribution in [-0.2, 0) is 0 Å². The Morgan fingerprint density at radius 2 is 1.73 bits per heavy atom. The summed E-state index contributed by atoms with van der Waals surface area (Å²) in [4.78, 5) is 0. The first-order valence-corrected chi connectivity index (χ1v) is 7.07. The van der Waals surface area contributed by atoms with E-state index in [1.165, 1.54) is 51.4 Å². The maximum Gasteiger partial charge on any atom is 0.00984 e. The summed E-state index contributed by atoms with van der Waals surface area (Å²) in [6.45, 7) is 4.71. The van der Waals surface area contributed by atoms with Crippen molar-refractivity contribution in [1.82, 2.24) is 5.32 Å². The summed E-state index contributed by atoms with van der Waals surface area (Å²) in [5.41, 5.74) is 0. The van der Waals surface area contributed by atoms with Crippen LogP contribution in [0.5, 0.6) is 0 Å². The molecule has 0 aromatic rings. The van der Waals surface area contributed by atoms with Crippen molar-refractivity contribution >= 4 is 0 Å². The highest BCUT2D eigenvalue weighted by molar-refractivity contribution is 4.91. The second-order valence-corrected chi connectivity index (χ2v) is 5.73. The summed E-state index contributed by atoms with van der Waals surface area (Å²) in [7, 11) is 0. The van der Waals surface area contributed by atoms with E-state index in [1.807, 2.05) is 0 Å². The summed E-state index contributed by atoms with van der Waals surface area (Å²) in [5.74, 6) is 2.03. The van der Waals surface area contributed by atoms with Crippen molar-refractivity contribution in [3.8, 4) is 0 Å².